The minimum absolute atomic E-state index is 0.264. The fraction of sp³-hybridized carbons (Fsp3) is 0.462. The van der Waals surface area contributed by atoms with Crippen molar-refractivity contribution in [3.8, 4) is 0 Å². The van der Waals surface area contributed by atoms with Crippen molar-refractivity contribution in [3.63, 3.8) is 0 Å². The maximum Gasteiger partial charge on any atom is 0.311 e. The molecule has 0 heterocycles. The van der Waals surface area contributed by atoms with Crippen molar-refractivity contribution in [2.45, 2.75) is 33.6 Å². The molecule has 15 heavy (non-hydrogen) atoms. The molecule has 0 spiro atoms. The van der Waals surface area contributed by atoms with Gasteiger partial charge < -0.3 is 5.11 Å². The summed E-state index contributed by atoms with van der Waals surface area (Å²) in [6, 6.07) is 7.72. The Morgan fingerprint density at radius 2 is 1.93 bits per heavy atom. The second-order valence-electron chi connectivity index (χ2n) is 5.05. The van der Waals surface area contributed by atoms with Gasteiger partial charge in [0.15, 0.2) is 0 Å². The van der Waals surface area contributed by atoms with Gasteiger partial charge in [0, 0.05) is 0 Å². The van der Waals surface area contributed by atoms with Crippen LogP contribution in [0.4, 0.5) is 0 Å². The van der Waals surface area contributed by atoms with Crippen molar-refractivity contribution in [2.75, 3.05) is 0 Å². The van der Waals surface area contributed by atoms with E-state index in [1.165, 1.54) is 0 Å². The Labute approximate surface area is 90.9 Å². The molecule has 2 nitrogen and oxygen atoms in total. The predicted molar refractivity (Wildman–Crippen MR) is 61.0 cm³/mol. The first-order valence-electron chi connectivity index (χ1n) is 5.12. The average molecular weight is 206 g/mol. The summed E-state index contributed by atoms with van der Waals surface area (Å²) >= 11 is 0. The summed E-state index contributed by atoms with van der Waals surface area (Å²) in [7, 11) is 0. The third-order valence-corrected chi connectivity index (χ3v) is 2.49. The fourth-order valence-electron chi connectivity index (χ4n) is 1.86. The number of carboxylic acid groups (broad SMARTS) is 1. The molecule has 0 aliphatic carbocycles. The summed E-state index contributed by atoms with van der Waals surface area (Å²) in [4.78, 5) is 11.3. The van der Waals surface area contributed by atoms with Gasteiger partial charge in [0.25, 0.3) is 0 Å². The summed E-state index contributed by atoms with van der Waals surface area (Å²) in [6.45, 7) is 7.83. The van der Waals surface area contributed by atoms with E-state index in [-0.39, 0.29) is 5.41 Å². The van der Waals surface area contributed by atoms with E-state index in [1.54, 1.807) is 0 Å². The molecule has 0 saturated heterocycles. The van der Waals surface area contributed by atoms with E-state index in [4.69, 9.17) is 0 Å². The van der Waals surface area contributed by atoms with Crippen molar-refractivity contribution in [1.82, 2.24) is 0 Å². The molecule has 0 aliphatic rings. The van der Waals surface area contributed by atoms with Crippen LogP contribution in [0.25, 0.3) is 0 Å². The first-order valence-corrected chi connectivity index (χ1v) is 5.12. The molecule has 0 radical (unpaired) electrons. The van der Waals surface area contributed by atoms with Crippen LogP contribution in [0.1, 0.15) is 37.8 Å². The van der Waals surface area contributed by atoms with Crippen LogP contribution < -0.4 is 0 Å². The van der Waals surface area contributed by atoms with Crippen LogP contribution in [-0.4, -0.2) is 11.1 Å². The number of rotatable bonds is 2. The second kappa shape index (κ2) is 4.05. The van der Waals surface area contributed by atoms with Gasteiger partial charge in [-0.2, -0.15) is 0 Å². The van der Waals surface area contributed by atoms with Crippen molar-refractivity contribution in [2.24, 2.45) is 5.41 Å². The molecule has 1 rings (SSSR count). The van der Waals surface area contributed by atoms with Gasteiger partial charge in [-0.1, -0.05) is 50.6 Å². The zero-order valence-corrected chi connectivity index (χ0v) is 9.74. The van der Waals surface area contributed by atoms with E-state index >= 15 is 0 Å². The highest BCUT2D eigenvalue weighted by molar-refractivity contribution is 5.77. The fourth-order valence-corrected chi connectivity index (χ4v) is 1.86. The van der Waals surface area contributed by atoms with Gasteiger partial charge in [-0.25, -0.2) is 0 Å². The molecule has 0 bridgehead atoms. The van der Waals surface area contributed by atoms with Crippen molar-refractivity contribution in [1.29, 1.82) is 0 Å². The van der Waals surface area contributed by atoms with Crippen molar-refractivity contribution in [3.05, 3.63) is 35.4 Å². The van der Waals surface area contributed by atoms with Crippen LogP contribution in [0.3, 0.4) is 0 Å². The van der Waals surface area contributed by atoms with E-state index in [0.717, 1.165) is 11.1 Å². The van der Waals surface area contributed by atoms with Gasteiger partial charge in [-0.3, -0.25) is 4.79 Å². The zero-order valence-electron chi connectivity index (χ0n) is 9.74. The summed E-state index contributed by atoms with van der Waals surface area (Å²) < 4.78 is 0. The van der Waals surface area contributed by atoms with E-state index < -0.39 is 11.9 Å². The van der Waals surface area contributed by atoms with Crippen LogP contribution in [0.2, 0.25) is 0 Å². The second-order valence-corrected chi connectivity index (χ2v) is 5.05. The molecule has 0 aromatic heterocycles. The Balaban J connectivity index is 3.16. The molecular formula is C13H18O2. The third kappa shape index (κ3) is 2.82. The number of benzene rings is 1. The predicted octanol–water partition coefficient (Wildman–Crippen LogP) is 3.21. The van der Waals surface area contributed by atoms with Gasteiger partial charge in [-0.15, -0.1) is 0 Å². The monoisotopic (exact) mass is 206 g/mol. The van der Waals surface area contributed by atoms with Crippen molar-refractivity contribution >= 4 is 5.97 Å². The van der Waals surface area contributed by atoms with Crippen LogP contribution in [0.5, 0.6) is 0 Å². The Morgan fingerprint density at radius 1 is 1.33 bits per heavy atom. The number of carboxylic acids is 1. The molecule has 1 unspecified atom stereocenters. The molecule has 1 aromatic carbocycles. The molecular weight excluding hydrogens is 188 g/mol. The first kappa shape index (κ1) is 11.8. The van der Waals surface area contributed by atoms with Crippen LogP contribution in [-0.2, 0) is 4.79 Å². The summed E-state index contributed by atoms with van der Waals surface area (Å²) in [5.41, 5.74) is 1.72. The molecule has 2 heteroatoms. The quantitative estimate of drug-likeness (QED) is 0.806. The molecule has 1 N–H and O–H groups in total. The summed E-state index contributed by atoms with van der Waals surface area (Å²) in [5.74, 6) is -1.20. The van der Waals surface area contributed by atoms with Crippen LogP contribution >= 0.6 is 0 Å². The van der Waals surface area contributed by atoms with E-state index in [1.807, 2.05) is 52.0 Å². The maximum atomic E-state index is 11.3. The summed E-state index contributed by atoms with van der Waals surface area (Å²) in [6.07, 6.45) is 0. The first-order chi connectivity index (χ1) is 6.82. The highest BCUT2D eigenvalue weighted by atomic mass is 16.4. The lowest BCUT2D eigenvalue weighted by molar-refractivity contribution is -0.141. The number of hydrogen-bond donors (Lipinski definition) is 1. The SMILES string of the molecule is Cc1cccc(C(C(=O)O)C(C)(C)C)c1. The normalized spacial score (nSPS) is 13.6. The van der Waals surface area contributed by atoms with Gasteiger partial charge in [0.1, 0.15) is 0 Å². The Bertz CT molecular complexity index is 361. The molecule has 0 fully saturated rings. The number of carbonyl (C=O) groups is 1. The largest absolute Gasteiger partial charge is 0.481 e. The molecule has 1 atom stereocenters. The molecule has 0 saturated carbocycles. The molecule has 1 aromatic rings. The topological polar surface area (TPSA) is 37.3 Å². The average Bonchev–Trinajstić information content (AvgIpc) is 1.99. The minimum Gasteiger partial charge on any atom is -0.481 e. The van der Waals surface area contributed by atoms with Gasteiger partial charge >= 0.3 is 5.97 Å². The summed E-state index contributed by atoms with van der Waals surface area (Å²) in [5, 5.41) is 9.25. The standard InChI is InChI=1S/C13H18O2/c1-9-6-5-7-10(8-9)11(12(14)15)13(2,3)4/h5-8,11H,1-4H3,(H,14,15). The number of hydrogen-bond acceptors (Lipinski definition) is 1. The number of aryl methyl sites for hydroxylation is 1. The highest BCUT2D eigenvalue weighted by Gasteiger charge is 2.32. The highest BCUT2D eigenvalue weighted by Crippen LogP contribution is 2.35. The van der Waals surface area contributed by atoms with E-state index in [2.05, 4.69) is 0 Å². The van der Waals surface area contributed by atoms with E-state index in [9.17, 15) is 9.90 Å². The van der Waals surface area contributed by atoms with Crippen LogP contribution in [0, 0.1) is 12.3 Å². The van der Waals surface area contributed by atoms with Gasteiger partial charge in [0.05, 0.1) is 5.92 Å². The molecule has 0 amide bonds. The third-order valence-electron chi connectivity index (χ3n) is 2.49. The van der Waals surface area contributed by atoms with Gasteiger partial charge in [0.2, 0.25) is 0 Å². The Morgan fingerprint density at radius 3 is 2.33 bits per heavy atom. The zero-order chi connectivity index (χ0) is 11.6. The van der Waals surface area contributed by atoms with Gasteiger partial charge in [-0.05, 0) is 17.9 Å². The minimum atomic E-state index is -0.756. The molecule has 82 valence electrons. The van der Waals surface area contributed by atoms with Crippen molar-refractivity contribution < 1.29 is 9.90 Å². The smallest absolute Gasteiger partial charge is 0.311 e. The van der Waals surface area contributed by atoms with E-state index in [0.29, 0.717) is 0 Å². The van der Waals surface area contributed by atoms with Crippen LogP contribution in [0.15, 0.2) is 24.3 Å². The lowest BCUT2D eigenvalue weighted by Gasteiger charge is -2.27. The lowest BCUT2D eigenvalue weighted by atomic mass is 9.76. The number of aliphatic carboxylic acids is 1. The Kier molecular flexibility index (Phi) is 3.18. The lowest BCUT2D eigenvalue weighted by Crippen LogP contribution is -2.26. The Hall–Kier alpha value is -1.31. The molecule has 0 aliphatic heterocycles. The maximum absolute atomic E-state index is 11.3.